The molecule has 6 heteroatoms. The van der Waals surface area contributed by atoms with Gasteiger partial charge in [-0.15, -0.1) is 0 Å². The van der Waals surface area contributed by atoms with E-state index in [1.165, 1.54) is 57.8 Å². The van der Waals surface area contributed by atoms with Gasteiger partial charge in [-0.25, -0.2) is 27.4 Å². The molecule has 1 fully saturated rings. The Labute approximate surface area is 219 Å². The Morgan fingerprint density at radius 1 is 0.528 bits per heavy atom. The number of hydrogen-bond acceptors (Lipinski definition) is 0. The zero-order chi connectivity index (χ0) is 25.2. The summed E-state index contributed by atoms with van der Waals surface area (Å²) in [4.78, 5) is 0. The molecule has 0 amide bonds. The second kappa shape index (κ2) is 13.8. The minimum atomic E-state index is 0.742. The maximum atomic E-state index is 2.45. The zero-order valence-electron chi connectivity index (χ0n) is 23.2. The Bertz CT molecular complexity index is 879. The van der Waals surface area contributed by atoms with Crippen LogP contribution in [0, 0.1) is 17.8 Å². The van der Waals surface area contributed by atoms with E-state index in [-0.39, 0.29) is 0 Å². The molecule has 198 valence electrons. The molecule has 0 atom stereocenters. The van der Waals surface area contributed by atoms with Crippen LogP contribution in [0.1, 0.15) is 78.6 Å². The minimum Gasteiger partial charge on any atom is -0.237 e. The van der Waals surface area contributed by atoms with Gasteiger partial charge in [0.25, 0.3) is 0 Å². The zero-order valence-corrected chi connectivity index (χ0v) is 23.2. The normalized spacial score (nSPS) is 20.2. The molecule has 3 heterocycles. The molecule has 0 N–H and O–H groups in total. The molecular formula is C30H51N6+3. The second-order valence-electron chi connectivity index (χ2n) is 11.4. The highest BCUT2D eigenvalue weighted by molar-refractivity contribution is 4.77. The fourth-order valence-electron chi connectivity index (χ4n) is 6.10. The van der Waals surface area contributed by atoms with Gasteiger partial charge >= 0.3 is 0 Å². The molecule has 0 aromatic carbocycles. The van der Waals surface area contributed by atoms with E-state index in [0.717, 1.165) is 57.0 Å². The lowest BCUT2D eigenvalue weighted by molar-refractivity contribution is -0.715. The highest BCUT2D eigenvalue weighted by Gasteiger charge is 2.33. The van der Waals surface area contributed by atoms with Crippen molar-refractivity contribution in [2.24, 2.45) is 17.8 Å². The summed E-state index contributed by atoms with van der Waals surface area (Å²) in [5, 5.41) is 0. The van der Waals surface area contributed by atoms with E-state index in [1.54, 1.807) is 0 Å². The Morgan fingerprint density at radius 3 is 1.11 bits per heavy atom. The van der Waals surface area contributed by atoms with Crippen molar-refractivity contribution in [1.29, 1.82) is 0 Å². The van der Waals surface area contributed by atoms with E-state index in [4.69, 9.17) is 0 Å². The van der Waals surface area contributed by atoms with E-state index >= 15 is 0 Å². The van der Waals surface area contributed by atoms with Crippen LogP contribution >= 0.6 is 0 Å². The topological polar surface area (TPSA) is 26.4 Å². The number of nitrogens with zero attached hydrogens (tertiary/aromatic N) is 6. The Hall–Kier alpha value is -2.37. The standard InChI is InChI=1S/C30H51N6/c1-4-7-10-31-13-16-34(25-31)22-28-19-29(23-35-17-14-32(26-35)11-8-5-2)21-30(20-28)24-36-18-15-33(27-36)12-9-6-3/h13-18,25-30H,4-12,19-24H2,1-3H3/q+3. The van der Waals surface area contributed by atoms with Crippen LogP contribution in [0.25, 0.3) is 0 Å². The van der Waals surface area contributed by atoms with Gasteiger partial charge in [0, 0.05) is 0 Å². The van der Waals surface area contributed by atoms with Crippen LogP contribution in [0.4, 0.5) is 0 Å². The van der Waals surface area contributed by atoms with E-state index in [9.17, 15) is 0 Å². The van der Waals surface area contributed by atoms with E-state index in [2.05, 4.69) is 104 Å². The number of aromatic nitrogens is 6. The Balaban J connectivity index is 1.41. The first-order valence-electron chi connectivity index (χ1n) is 14.8. The molecule has 4 rings (SSSR count). The lowest BCUT2D eigenvalue weighted by Gasteiger charge is -2.32. The molecule has 0 aliphatic heterocycles. The third-order valence-electron chi connectivity index (χ3n) is 7.96. The number of imidazole rings is 3. The maximum absolute atomic E-state index is 2.45. The fourth-order valence-corrected chi connectivity index (χ4v) is 6.10. The Kier molecular flexibility index (Phi) is 10.2. The first-order chi connectivity index (χ1) is 17.6. The van der Waals surface area contributed by atoms with Crippen LogP contribution in [-0.4, -0.2) is 13.7 Å². The summed E-state index contributed by atoms with van der Waals surface area (Å²) < 4.78 is 14.4. The predicted molar refractivity (Wildman–Crippen MR) is 143 cm³/mol. The van der Waals surface area contributed by atoms with Gasteiger partial charge in [0.1, 0.15) is 37.2 Å². The van der Waals surface area contributed by atoms with Crippen LogP contribution in [0.5, 0.6) is 0 Å². The third kappa shape index (κ3) is 8.07. The van der Waals surface area contributed by atoms with Crippen molar-refractivity contribution in [3.05, 3.63) is 56.2 Å². The minimum absolute atomic E-state index is 0.742. The fraction of sp³-hybridized carbons (Fsp3) is 0.700. The van der Waals surface area contributed by atoms with Crippen LogP contribution in [0.15, 0.2) is 56.2 Å². The number of aryl methyl sites for hydroxylation is 3. The average Bonchev–Trinajstić information content (AvgIpc) is 3.62. The first-order valence-corrected chi connectivity index (χ1v) is 14.8. The van der Waals surface area contributed by atoms with E-state index in [0.29, 0.717) is 0 Å². The van der Waals surface area contributed by atoms with Crippen molar-refractivity contribution in [2.75, 3.05) is 0 Å². The second-order valence-corrected chi connectivity index (χ2v) is 11.4. The molecule has 0 spiro atoms. The largest absolute Gasteiger partial charge is 0.243 e. The predicted octanol–water partition coefficient (Wildman–Crippen LogP) is 4.79. The quantitative estimate of drug-likeness (QED) is 0.271. The monoisotopic (exact) mass is 495 g/mol. The molecule has 3 aromatic rings. The average molecular weight is 496 g/mol. The molecule has 0 saturated heterocycles. The van der Waals surface area contributed by atoms with Crippen molar-refractivity contribution < 1.29 is 13.7 Å². The van der Waals surface area contributed by atoms with Crippen LogP contribution in [-0.2, 0) is 39.3 Å². The molecular weight excluding hydrogens is 444 g/mol. The molecule has 1 saturated carbocycles. The number of hydrogen-bond donors (Lipinski definition) is 0. The first kappa shape index (κ1) is 26.7. The van der Waals surface area contributed by atoms with Crippen LogP contribution in [0.3, 0.4) is 0 Å². The van der Waals surface area contributed by atoms with Crippen LogP contribution < -0.4 is 13.7 Å². The highest BCUT2D eigenvalue weighted by Crippen LogP contribution is 2.34. The summed E-state index contributed by atoms with van der Waals surface area (Å²) in [5.74, 6) is 2.23. The van der Waals surface area contributed by atoms with Gasteiger partial charge in [0.2, 0.25) is 19.0 Å². The molecule has 36 heavy (non-hydrogen) atoms. The molecule has 1 aliphatic carbocycles. The van der Waals surface area contributed by atoms with Gasteiger partial charge in [-0.2, -0.15) is 0 Å². The summed E-state index contributed by atoms with van der Waals surface area (Å²) in [6.07, 6.45) is 32.2. The van der Waals surface area contributed by atoms with Gasteiger partial charge in [0.15, 0.2) is 0 Å². The van der Waals surface area contributed by atoms with E-state index in [1.807, 2.05) is 0 Å². The number of unbranched alkanes of at least 4 members (excludes halogenated alkanes) is 3. The van der Waals surface area contributed by atoms with Crippen LogP contribution in [0.2, 0.25) is 0 Å². The van der Waals surface area contributed by atoms with Gasteiger partial charge < -0.3 is 0 Å². The molecule has 1 aliphatic rings. The maximum Gasteiger partial charge on any atom is 0.243 e. The third-order valence-corrected chi connectivity index (χ3v) is 7.96. The summed E-state index contributed by atoms with van der Waals surface area (Å²) in [6, 6.07) is 0. The van der Waals surface area contributed by atoms with Gasteiger partial charge in [0.05, 0.1) is 39.3 Å². The molecule has 0 radical (unpaired) electrons. The Morgan fingerprint density at radius 2 is 0.833 bits per heavy atom. The van der Waals surface area contributed by atoms with Gasteiger partial charge in [-0.1, -0.05) is 40.0 Å². The van der Waals surface area contributed by atoms with E-state index < -0.39 is 0 Å². The summed E-state index contributed by atoms with van der Waals surface area (Å²) >= 11 is 0. The molecule has 6 nitrogen and oxygen atoms in total. The summed E-state index contributed by atoms with van der Waals surface area (Å²) in [7, 11) is 0. The molecule has 0 unspecified atom stereocenters. The van der Waals surface area contributed by atoms with Crippen molar-refractivity contribution in [3.63, 3.8) is 0 Å². The smallest absolute Gasteiger partial charge is 0.237 e. The van der Waals surface area contributed by atoms with Crippen molar-refractivity contribution in [3.8, 4) is 0 Å². The van der Waals surface area contributed by atoms with Crippen molar-refractivity contribution in [2.45, 2.75) is 118 Å². The van der Waals surface area contributed by atoms with Crippen molar-refractivity contribution >= 4 is 0 Å². The molecule has 3 aromatic heterocycles. The highest BCUT2D eigenvalue weighted by atomic mass is 15.1. The lowest BCUT2D eigenvalue weighted by atomic mass is 9.75. The summed E-state index contributed by atoms with van der Waals surface area (Å²) in [6.45, 7) is 13.7. The SMILES string of the molecule is CCCCn1cc[n+](CC2CC(C[n+]3ccn(CCCC)c3)CC(C[n+]3ccn(CCCC)c3)C2)c1. The molecule has 0 bridgehead atoms. The van der Waals surface area contributed by atoms with Gasteiger partial charge in [-0.05, 0) is 56.3 Å². The van der Waals surface area contributed by atoms with Gasteiger partial charge in [-0.3, -0.25) is 0 Å². The number of rotatable bonds is 15. The summed E-state index contributed by atoms with van der Waals surface area (Å²) in [5.41, 5.74) is 0. The van der Waals surface area contributed by atoms with Crippen molar-refractivity contribution in [1.82, 2.24) is 13.7 Å². The lowest BCUT2D eigenvalue weighted by Crippen LogP contribution is -2.45.